The summed E-state index contributed by atoms with van der Waals surface area (Å²) in [5.74, 6) is 0. The minimum atomic E-state index is 0.952. The molecule has 0 aliphatic rings. The lowest BCUT2D eigenvalue weighted by Crippen LogP contribution is -2.16. The number of nitrogens with one attached hydrogen (secondary N) is 2. The quantitative estimate of drug-likeness (QED) is 0.285. The lowest BCUT2D eigenvalue weighted by Gasteiger charge is -2.09. The minimum absolute atomic E-state index is 0.952. The van der Waals surface area contributed by atoms with Crippen LogP contribution in [0.25, 0.3) is 21.5 Å². The molecule has 0 radical (unpaired) electrons. The van der Waals surface area contributed by atoms with Gasteiger partial charge in [0.25, 0.3) is 0 Å². The Morgan fingerprint density at radius 3 is 1.37 bits per heavy atom. The van der Waals surface area contributed by atoms with Gasteiger partial charge < -0.3 is 10.6 Å². The summed E-state index contributed by atoms with van der Waals surface area (Å²) >= 11 is 0. The Hall–Kier alpha value is -2.68. The highest BCUT2D eigenvalue weighted by Crippen LogP contribution is 2.19. The standard InChI is InChI=1S/C28H32N2/c1(7-19-29-21-25-15-9-13-23-11-3-5-17-27(23)25)2-8-20-30-22-26-16-10-14-24-12-4-6-18-28(24)26/h3-6,9-18,29-30H,1-2,7-8,19-22H2. The van der Waals surface area contributed by atoms with Gasteiger partial charge in [-0.2, -0.15) is 0 Å². The van der Waals surface area contributed by atoms with Gasteiger partial charge in [-0.15, -0.1) is 0 Å². The fourth-order valence-corrected chi connectivity index (χ4v) is 4.19. The van der Waals surface area contributed by atoms with Crippen LogP contribution in [0.2, 0.25) is 0 Å². The van der Waals surface area contributed by atoms with Crippen molar-refractivity contribution in [1.29, 1.82) is 0 Å². The summed E-state index contributed by atoms with van der Waals surface area (Å²) in [5.41, 5.74) is 2.79. The van der Waals surface area contributed by atoms with Gasteiger partial charge in [0, 0.05) is 13.1 Å². The van der Waals surface area contributed by atoms with E-state index < -0.39 is 0 Å². The van der Waals surface area contributed by atoms with E-state index in [2.05, 4.69) is 95.6 Å². The molecule has 154 valence electrons. The van der Waals surface area contributed by atoms with Crippen LogP contribution in [0.1, 0.15) is 36.8 Å². The molecule has 2 N–H and O–H groups in total. The summed E-state index contributed by atoms with van der Waals surface area (Å²) < 4.78 is 0. The normalized spacial score (nSPS) is 11.3. The van der Waals surface area contributed by atoms with E-state index in [1.54, 1.807) is 0 Å². The van der Waals surface area contributed by atoms with Crippen LogP contribution in [0.15, 0.2) is 84.9 Å². The molecule has 0 fully saturated rings. The van der Waals surface area contributed by atoms with Crippen LogP contribution in [0.4, 0.5) is 0 Å². The van der Waals surface area contributed by atoms with E-state index in [1.807, 2.05) is 0 Å². The van der Waals surface area contributed by atoms with Crippen LogP contribution in [-0.2, 0) is 13.1 Å². The number of fused-ring (bicyclic) bond motifs is 2. The fraction of sp³-hybridized carbons (Fsp3) is 0.286. The largest absolute Gasteiger partial charge is 0.313 e. The Morgan fingerprint density at radius 2 is 0.867 bits per heavy atom. The van der Waals surface area contributed by atoms with Gasteiger partial charge in [-0.25, -0.2) is 0 Å². The maximum absolute atomic E-state index is 3.62. The third-order valence-corrected chi connectivity index (χ3v) is 5.85. The van der Waals surface area contributed by atoms with Gasteiger partial charge in [0.15, 0.2) is 0 Å². The number of hydrogen-bond donors (Lipinski definition) is 2. The molecule has 0 saturated heterocycles. The Morgan fingerprint density at radius 1 is 0.433 bits per heavy atom. The van der Waals surface area contributed by atoms with E-state index >= 15 is 0 Å². The predicted molar refractivity (Wildman–Crippen MR) is 130 cm³/mol. The molecule has 0 amide bonds. The Kier molecular flexibility index (Phi) is 7.49. The third-order valence-electron chi connectivity index (χ3n) is 5.85. The van der Waals surface area contributed by atoms with Crippen molar-refractivity contribution in [1.82, 2.24) is 10.6 Å². The van der Waals surface area contributed by atoms with Crippen molar-refractivity contribution in [2.24, 2.45) is 0 Å². The smallest absolute Gasteiger partial charge is 0.0211 e. The zero-order valence-corrected chi connectivity index (χ0v) is 17.7. The maximum atomic E-state index is 3.62. The molecule has 2 heteroatoms. The van der Waals surface area contributed by atoms with Crippen molar-refractivity contribution in [3.8, 4) is 0 Å². The summed E-state index contributed by atoms with van der Waals surface area (Å²) in [6.45, 7) is 4.08. The number of unbranched alkanes of at least 4 members (excludes halogenated alkanes) is 3. The molecule has 30 heavy (non-hydrogen) atoms. The van der Waals surface area contributed by atoms with E-state index in [0.29, 0.717) is 0 Å². The van der Waals surface area contributed by atoms with Crippen LogP contribution in [0.3, 0.4) is 0 Å². The topological polar surface area (TPSA) is 24.1 Å². The molecule has 0 aromatic heterocycles. The van der Waals surface area contributed by atoms with Crippen molar-refractivity contribution in [3.05, 3.63) is 96.1 Å². The molecule has 0 aliphatic carbocycles. The van der Waals surface area contributed by atoms with Gasteiger partial charge in [-0.1, -0.05) is 97.8 Å². The number of benzene rings is 4. The van der Waals surface area contributed by atoms with Gasteiger partial charge in [0.1, 0.15) is 0 Å². The first-order valence-electron chi connectivity index (χ1n) is 11.3. The average Bonchev–Trinajstić information content (AvgIpc) is 2.80. The molecule has 4 rings (SSSR count). The lowest BCUT2D eigenvalue weighted by atomic mass is 10.0. The molecular formula is C28H32N2. The summed E-state index contributed by atoms with van der Waals surface area (Å²) in [6, 6.07) is 30.4. The van der Waals surface area contributed by atoms with Crippen molar-refractivity contribution >= 4 is 21.5 Å². The van der Waals surface area contributed by atoms with Crippen molar-refractivity contribution in [3.63, 3.8) is 0 Å². The Balaban J connectivity index is 1.08. The molecule has 4 aromatic carbocycles. The Bertz CT molecular complexity index is 972. The van der Waals surface area contributed by atoms with Crippen LogP contribution in [-0.4, -0.2) is 13.1 Å². The lowest BCUT2D eigenvalue weighted by molar-refractivity contribution is 0.564. The molecule has 0 aliphatic heterocycles. The van der Waals surface area contributed by atoms with Crippen LogP contribution >= 0.6 is 0 Å². The monoisotopic (exact) mass is 396 g/mol. The van der Waals surface area contributed by atoms with Gasteiger partial charge in [-0.3, -0.25) is 0 Å². The fourth-order valence-electron chi connectivity index (χ4n) is 4.19. The summed E-state index contributed by atoms with van der Waals surface area (Å²) in [4.78, 5) is 0. The highest BCUT2D eigenvalue weighted by atomic mass is 14.8. The first-order chi connectivity index (χ1) is 14.9. The second kappa shape index (κ2) is 10.9. The predicted octanol–water partition coefficient (Wildman–Crippen LogP) is 6.43. The van der Waals surface area contributed by atoms with Gasteiger partial charge in [-0.05, 0) is 58.6 Å². The second-order valence-electron chi connectivity index (χ2n) is 8.04. The Labute approximate surface area is 180 Å². The average molecular weight is 397 g/mol. The first kappa shape index (κ1) is 20.6. The van der Waals surface area contributed by atoms with E-state index in [1.165, 1.54) is 58.4 Å². The third kappa shape index (κ3) is 5.47. The van der Waals surface area contributed by atoms with E-state index in [0.717, 1.165) is 26.2 Å². The molecule has 4 aromatic rings. The van der Waals surface area contributed by atoms with Gasteiger partial charge in [0.05, 0.1) is 0 Å². The highest BCUT2D eigenvalue weighted by Gasteiger charge is 2.01. The minimum Gasteiger partial charge on any atom is -0.313 e. The number of rotatable bonds is 11. The summed E-state index contributed by atoms with van der Waals surface area (Å²) in [7, 11) is 0. The zero-order valence-electron chi connectivity index (χ0n) is 17.7. The molecule has 0 heterocycles. The van der Waals surface area contributed by atoms with E-state index in [9.17, 15) is 0 Å². The molecule has 0 spiro atoms. The molecular weight excluding hydrogens is 364 g/mol. The first-order valence-corrected chi connectivity index (χ1v) is 11.3. The number of hydrogen-bond acceptors (Lipinski definition) is 2. The second-order valence-corrected chi connectivity index (χ2v) is 8.04. The molecule has 0 atom stereocenters. The van der Waals surface area contributed by atoms with Crippen molar-refractivity contribution in [2.45, 2.75) is 38.8 Å². The summed E-state index contributed by atoms with van der Waals surface area (Å²) in [6.07, 6.45) is 5.07. The van der Waals surface area contributed by atoms with Crippen LogP contribution < -0.4 is 10.6 Å². The van der Waals surface area contributed by atoms with Crippen molar-refractivity contribution in [2.75, 3.05) is 13.1 Å². The van der Waals surface area contributed by atoms with Gasteiger partial charge >= 0.3 is 0 Å². The molecule has 0 saturated carbocycles. The zero-order chi connectivity index (χ0) is 20.4. The van der Waals surface area contributed by atoms with E-state index in [4.69, 9.17) is 0 Å². The molecule has 0 unspecified atom stereocenters. The molecule has 2 nitrogen and oxygen atoms in total. The van der Waals surface area contributed by atoms with Gasteiger partial charge in [0.2, 0.25) is 0 Å². The van der Waals surface area contributed by atoms with Crippen molar-refractivity contribution < 1.29 is 0 Å². The maximum Gasteiger partial charge on any atom is 0.0211 e. The van der Waals surface area contributed by atoms with Crippen LogP contribution in [0.5, 0.6) is 0 Å². The van der Waals surface area contributed by atoms with Crippen LogP contribution in [0, 0.1) is 0 Å². The molecule has 0 bridgehead atoms. The highest BCUT2D eigenvalue weighted by molar-refractivity contribution is 5.86. The summed E-state index contributed by atoms with van der Waals surface area (Å²) in [5, 5.41) is 12.6. The van der Waals surface area contributed by atoms with E-state index in [-0.39, 0.29) is 0 Å². The SMILES string of the molecule is c1ccc2c(CNCCCCCCNCc3cccc4ccccc34)cccc2c1.